The van der Waals surface area contributed by atoms with Crippen molar-refractivity contribution in [2.75, 3.05) is 54.9 Å². The molecule has 2 aromatic heterocycles. The fraction of sp³-hybridized carbons (Fsp3) is 0.442. The van der Waals surface area contributed by atoms with Crippen molar-refractivity contribution < 1.29 is 47.4 Å². The minimum Gasteiger partial charge on any atom is -0.493 e. The van der Waals surface area contributed by atoms with E-state index in [0.29, 0.717) is 36.0 Å². The van der Waals surface area contributed by atoms with Crippen LogP contribution in [0.1, 0.15) is 51.4 Å². The summed E-state index contributed by atoms with van der Waals surface area (Å²) in [5, 5.41) is 27.0. The number of aliphatic carboxylic acids is 1. The molecule has 0 saturated carbocycles. The number of halogens is 2. The average molecular weight is 893 g/mol. The van der Waals surface area contributed by atoms with Gasteiger partial charge in [-0.05, 0) is 86.1 Å². The van der Waals surface area contributed by atoms with Gasteiger partial charge < -0.3 is 40.0 Å². The lowest BCUT2D eigenvalue weighted by Gasteiger charge is -2.37. The van der Waals surface area contributed by atoms with Gasteiger partial charge in [0.2, 0.25) is 12.6 Å². The molecule has 2 fully saturated rings. The van der Waals surface area contributed by atoms with Crippen LogP contribution in [0.25, 0.3) is 5.69 Å². The highest BCUT2D eigenvalue weighted by molar-refractivity contribution is 8.13. The van der Waals surface area contributed by atoms with Crippen LogP contribution in [0.4, 0.5) is 25.0 Å². The summed E-state index contributed by atoms with van der Waals surface area (Å²) in [5.74, 6) is -2.32. The Bertz CT molecular complexity index is 2410. The molecule has 4 N–H and O–H groups in total. The molecule has 7 rings (SSSR count). The first kappa shape index (κ1) is 45.2. The molecule has 17 nitrogen and oxygen atoms in total. The molecule has 6 atom stereocenters. The van der Waals surface area contributed by atoms with Gasteiger partial charge in [0.15, 0.2) is 0 Å². The molecule has 0 radical (unpaired) electrons. The van der Waals surface area contributed by atoms with E-state index in [4.69, 9.17) is 25.1 Å². The van der Waals surface area contributed by atoms with Crippen molar-refractivity contribution in [3.63, 3.8) is 0 Å². The Hall–Kier alpha value is -5.83. The molecule has 4 heterocycles. The van der Waals surface area contributed by atoms with Gasteiger partial charge in [-0.25, -0.2) is 27.6 Å². The fourth-order valence-corrected chi connectivity index (χ4v) is 8.66. The van der Waals surface area contributed by atoms with Gasteiger partial charge in [-0.15, -0.1) is 4.68 Å². The topological polar surface area (TPSA) is 196 Å². The predicted octanol–water partition coefficient (Wildman–Crippen LogP) is 4.27. The van der Waals surface area contributed by atoms with Crippen LogP contribution in [0.3, 0.4) is 0 Å². The predicted molar refractivity (Wildman–Crippen MR) is 229 cm³/mol. The van der Waals surface area contributed by atoms with Gasteiger partial charge >= 0.3 is 17.0 Å². The lowest BCUT2D eigenvalue weighted by Crippen LogP contribution is -2.46. The third kappa shape index (κ3) is 10.5. The van der Waals surface area contributed by atoms with E-state index in [2.05, 4.69) is 20.0 Å². The van der Waals surface area contributed by atoms with E-state index in [9.17, 15) is 23.9 Å². The largest absolute Gasteiger partial charge is 0.493 e. The molecule has 1 unspecified atom stereocenters. The van der Waals surface area contributed by atoms with Gasteiger partial charge in [0, 0.05) is 72.9 Å². The zero-order chi connectivity index (χ0) is 44.8. The van der Waals surface area contributed by atoms with E-state index in [1.807, 2.05) is 55.5 Å². The maximum Gasteiger partial charge on any atom is 0.370 e. The number of carbonyl (C=O) groups is 2. The number of rotatable bonds is 17. The van der Waals surface area contributed by atoms with Crippen LogP contribution in [-0.4, -0.2) is 103 Å². The number of hydrogen-bond donors (Lipinski definition) is 3. The lowest BCUT2D eigenvalue weighted by atomic mass is 9.87. The fourth-order valence-electron chi connectivity index (χ4n) is 8.00. The smallest absolute Gasteiger partial charge is 0.370 e. The minimum absolute atomic E-state index is 0.0635. The van der Waals surface area contributed by atoms with Crippen LogP contribution in [-0.2, 0) is 26.4 Å². The third-order valence-electron chi connectivity index (χ3n) is 11.5. The third-order valence-corrected chi connectivity index (χ3v) is 12.3. The van der Waals surface area contributed by atoms with Crippen molar-refractivity contribution in [1.29, 1.82) is 0 Å². The van der Waals surface area contributed by atoms with Gasteiger partial charge in [0.05, 0.1) is 31.0 Å². The molecule has 0 spiro atoms. The summed E-state index contributed by atoms with van der Waals surface area (Å²) < 4.78 is 53.3. The summed E-state index contributed by atoms with van der Waals surface area (Å²) in [6, 6.07) is 17.5. The zero-order valence-electron chi connectivity index (χ0n) is 35.2. The molecule has 20 heteroatoms. The van der Waals surface area contributed by atoms with Crippen molar-refractivity contribution in [2.24, 2.45) is 11.7 Å². The van der Waals surface area contributed by atoms with E-state index < -0.39 is 52.9 Å². The number of aromatic nitrogens is 6. The second-order valence-corrected chi connectivity index (χ2v) is 16.8. The Labute approximate surface area is 366 Å². The van der Waals surface area contributed by atoms with Gasteiger partial charge in [0.1, 0.15) is 41.9 Å². The molecule has 3 aromatic carbocycles. The molecule has 5 aromatic rings. The molecule has 2 aliphatic heterocycles. The molecule has 0 bridgehead atoms. The van der Waals surface area contributed by atoms with Crippen molar-refractivity contribution in [3.05, 3.63) is 113 Å². The van der Waals surface area contributed by atoms with Gasteiger partial charge in [-0.2, -0.15) is 9.67 Å². The highest BCUT2D eigenvalue weighted by Crippen LogP contribution is 2.42. The Morgan fingerprint density at radius 1 is 1.00 bits per heavy atom. The van der Waals surface area contributed by atoms with E-state index in [1.165, 1.54) is 43.3 Å². The minimum atomic E-state index is -1.23. The number of ether oxygens (including phenoxy) is 3. The standard InChI is InChI=1S/C43H51F2N9O8S/c1-4-39(28(2)55)54-41(58)53(26-48-54)34-8-6-32(7-9-34)49-15-17-50(18-16-49)33-10-12-35(13-11-33)60-21-30-20-43(61-22-30,36-14-5-31(44)19-37(36)45)24-52-27-51(25-47-52)29(3)62-42(59)63-23-38(46)40(56)57/h5-14,19,25-30,38-39,55H,4,15-18,20-24,46H2,1-3H3/p+1/t28-,29?,30+,38-,39-,43-/m0/s1. The van der Waals surface area contributed by atoms with E-state index in [1.54, 1.807) is 20.2 Å². The second-order valence-electron chi connectivity index (χ2n) is 15.9. The molecular formula is C43H52F2N9O8S+. The van der Waals surface area contributed by atoms with Gasteiger partial charge in [0.25, 0.3) is 6.33 Å². The van der Waals surface area contributed by atoms with E-state index in [0.717, 1.165) is 43.6 Å². The Balaban J connectivity index is 0.923. The van der Waals surface area contributed by atoms with Crippen molar-refractivity contribution in [2.45, 2.75) is 70.2 Å². The maximum absolute atomic E-state index is 15.4. The van der Waals surface area contributed by atoms with Crippen molar-refractivity contribution >= 4 is 34.4 Å². The molecule has 63 heavy (non-hydrogen) atoms. The maximum atomic E-state index is 15.4. The second kappa shape index (κ2) is 19.7. The quantitative estimate of drug-likeness (QED) is 0.0885. The van der Waals surface area contributed by atoms with Gasteiger partial charge in [-0.3, -0.25) is 4.79 Å². The SMILES string of the molecule is CC[C@@H]([C@H](C)O)n1ncn(-c2ccc(N3CCN(c4ccc(OC[C@@H]5CO[C@@](Cn6c[n+](C(C)OC(=O)SC[C@H](N)C(=O)O)cn6)(c6ccc(F)cc6F)C5)cc4)CC3)cc2)c1=O. The monoisotopic (exact) mass is 892 g/mol. The summed E-state index contributed by atoms with van der Waals surface area (Å²) in [5.41, 5.74) is 6.97. The highest BCUT2D eigenvalue weighted by Gasteiger charge is 2.46. The van der Waals surface area contributed by atoms with Crippen LogP contribution >= 0.6 is 11.8 Å². The highest BCUT2D eigenvalue weighted by atomic mass is 32.2. The Morgan fingerprint density at radius 3 is 2.27 bits per heavy atom. The molecule has 0 aliphatic carbocycles. The van der Waals surface area contributed by atoms with Crippen molar-refractivity contribution in [3.8, 4) is 11.4 Å². The number of hydrogen-bond acceptors (Lipinski definition) is 13. The van der Waals surface area contributed by atoms with E-state index >= 15 is 4.39 Å². The van der Waals surface area contributed by atoms with Crippen LogP contribution in [0, 0.1) is 17.6 Å². The lowest BCUT2D eigenvalue weighted by molar-refractivity contribution is -0.753. The first-order valence-corrected chi connectivity index (χ1v) is 21.7. The number of nitrogens with two attached hydrogens (primary N) is 1. The number of thioether (sulfide) groups is 1. The molecule has 2 saturated heterocycles. The van der Waals surface area contributed by atoms with Crippen LogP contribution in [0.2, 0.25) is 0 Å². The first-order chi connectivity index (χ1) is 30.2. The number of carboxylic acid groups (broad SMARTS) is 1. The van der Waals surface area contributed by atoms with Crippen LogP contribution in [0.15, 0.2) is 90.5 Å². The molecule has 336 valence electrons. The number of anilines is 2. The summed E-state index contributed by atoms with van der Waals surface area (Å²) in [6.45, 7) is 8.99. The number of carbonyl (C=O) groups excluding carboxylic acids is 1. The summed E-state index contributed by atoms with van der Waals surface area (Å²) in [7, 11) is 0. The summed E-state index contributed by atoms with van der Waals surface area (Å²) >= 11 is 0.651. The Morgan fingerprint density at radius 2 is 1.65 bits per heavy atom. The van der Waals surface area contributed by atoms with Crippen LogP contribution < -0.4 is 30.5 Å². The normalized spacial score (nSPS) is 19.7. The number of carboxylic acids is 1. The number of nitrogens with zero attached hydrogens (tertiary/aromatic N) is 8. The summed E-state index contributed by atoms with van der Waals surface area (Å²) in [6.07, 6.45) is 3.93. The van der Waals surface area contributed by atoms with Crippen molar-refractivity contribution in [1.82, 2.24) is 24.1 Å². The number of aliphatic hydroxyl groups excluding tert-OH is 1. The first-order valence-electron chi connectivity index (χ1n) is 20.8. The number of benzene rings is 3. The number of piperazine rings is 1. The molecule has 0 amide bonds. The summed E-state index contributed by atoms with van der Waals surface area (Å²) in [4.78, 5) is 40.9. The number of aliphatic hydroxyl groups is 1. The van der Waals surface area contributed by atoms with E-state index in [-0.39, 0.29) is 42.7 Å². The molecule has 2 aliphatic rings. The Kier molecular flexibility index (Phi) is 14.1. The zero-order valence-corrected chi connectivity index (χ0v) is 36.0. The van der Waals surface area contributed by atoms with Gasteiger partial charge in [-0.1, -0.05) is 13.0 Å². The average Bonchev–Trinajstić information content (AvgIpc) is 4.02. The molecular weight excluding hydrogens is 841 g/mol. The van der Waals surface area contributed by atoms with Crippen LogP contribution in [0.5, 0.6) is 5.75 Å².